The summed E-state index contributed by atoms with van der Waals surface area (Å²) in [7, 11) is 0. The number of pyridine rings is 1. The van der Waals surface area contributed by atoms with Gasteiger partial charge in [0.2, 0.25) is 0 Å². The molecule has 0 unspecified atom stereocenters. The van der Waals surface area contributed by atoms with E-state index in [1.807, 2.05) is 0 Å². The van der Waals surface area contributed by atoms with Crippen molar-refractivity contribution in [2.45, 2.75) is 19.3 Å². The lowest BCUT2D eigenvalue weighted by atomic mass is 9.88. The van der Waals surface area contributed by atoms with E-state index < -0.39 is 16.3 Å². The summed E-state index contributed by atoms with van der Waals surface area (Å²) in [5.41, 5.74) is -1.77. The summed E-state index contributed by atoms with van der Waals surface area (Å²) >= 11 is 3.05. The molecular weight excluding hydrogens is 280 g/mol. The van der Waals surface area contributed by atoms with Gasteiger partial charge in [-0.25, -0.2) is 0 Å². The van der Waals surface area contributed by atoms with Crippen molar-refractivity contribution in [1.29, 1.82) is 0 Å². The molecule has 1 N–H and O–H groups in total. The summed E-state index contributed by atoms with van der Waals surface area (Å²) in [6.07, 6.45) is 1.34. The van der Waals surface area contributed by atoms with Crippen molar-refractivity contribution in [2.24, 2.45) is 0 Å². The van der Waals surface area contributed by atoms with Gasteiger partial charge in [-0.15, -0.1) is 0 Å². The first-order valence-corrected chi connectivity index (χ1v) is 5.10. The number of carbonyl (C=O) groups is 1. The molecule has 0 saturated carbocycles. The van der Waals surface area contributed by atoms with Crippen LogP contribution in [0.5, 0.6) is 0 Å². The number of hydrogen-bond donors (Lipinski definition) is 1. The van der Waals surface area contributed by atoms with E-state index >= 15 is 0 Å². The summed E-state index contributed by atoms with van der Waals surface area (Å²) in [5.74, 6) is -1.16. The van der Waals surface area contributed by atoms with E-state index in [0.29, 0.717) is 4.47 Å². The minimum absolute atomic E-state index is 0.0619. The summed E-state index contributed by atoms with van der Waals surface area (Å²) in [5, 5.41) is 19.8. The van der Waals surface area contributed by atoms with Crippen LogP contribution in [0, 0.1) is 10.1 Å². The Balaban J connectivity index is 3.45. The van der Waals surface area contributed by atoms with Crippen molar-refractivity contribution in [1.82, 2.24) is 4.98 Å². The third-order valence-electron chi connectivity index (χ3n) is 2.16. The van der Waals surface area contributed by atoms with Crippen LogP contribution in [0.1, 0.15) is 19.5 Å². The van der Waals surface area contributed by atoms with Crippen LogP contribution in [0.2, 0.25) is 0 Å². The molecule has 16 heavy (non-hydrogen) atoms. The first-order chi connectivity index (χ1) is 7.26. The molecule has 0 spiro atoms. The van der Waals surface area contributed by atoms with E-state index in [0.717, 1.165) is 0 Å². The third-order valence-corrected chi connectivity index (χ3v) is 2.59. The van der Waals surface area contributed by atoms with Crippen LogP contribution in [0.15, 0.2) is 16.7 Å². The maximum Gasteiger partial charge on any atom is 0.315 e. The Kier molecular flexibility index (Phi) is 3.27. The van der Waals surface area contributed by atoms with Gasteiger partial charge in [0.15, 0.2) is 0 Å². The summed E-state index contributed by atoms with van der Waals surface area (Å²) in [4.78, 5) is 25.0. The van der Waals surface area contributed by atoms with E-state index in [9.17, 15) is 14.9 Å². The maximum atomic E-state index is 11.0. The zero-order valence-corrected chi connectivity index (χ0v) is 10.2. The predicted molar refractivity (Wildman–Crippen MR) is 59.3 cm³/mol. The lowest BCUT2D eigenvalue weighted by molar-refractivity contribution is -0.386. The van der Waals surface area contributed by atoms with Gasteiger partial charge in [0.05, 0.1) is 4.92 Å². The van der Waals surface area contributed by atoms with Crippen LogP contribution in [0.3, 0.4) is 0 Å². The molecular formula is C9H9BrN2O4. The Morgan fingerprint density at radius 2 is 2.19 bits per heavy atom. The van der Waals surface area contributed by atoms with E-state index in [-0.39, 0.29) is 11.4 Å². The highest BCUT2D eigenvalue weighted by molar-refractivity contribution is 9.10. The molecule has 1 aromatic rings. The van der Waals surface area contributed by atoms with Crippen molar-refractivity contribution >= 4 is 27.6 Å². The standard InChI is InChI=1S/C9H9BrN2O4/c1-9(2,8(13)14)7-6(12(15)16)3-5(10)4-11-7/h3-4H,1-2H3,(H,13,14). The summed E-state index contributed by atoms with van der Waals surface area (Å²) in [6.45, 7) is 2.75. The molecule has 1 heterocycles. The average Bonchev–Trinajstić information content (AvgIpc) is 2.16. The van der Waals surface area contributed by atoms with Gasteiger partial charge in [0, 0.05) is 16.7 Å². The number of aromatic nitrogens is 1. The molecule has 1 aromatic heterocycles. The van der Waals surface area contributed by atoms with Crippen molar-refractivity contribution < 1.29 is 14.8 Å². The highest BCUT2D eigenvalue weighted by Gasteiger charge is 2.37. The largest absolute Gasteiger partial charge is 0.481 e. The zero-order chi connectivity index (χ0) is 12.5. The number of carboxylic acid groups (broad SMARTS) is 1. The van der Waals surface area contributed by atoms with Crippen LogP contribution in [0.4, 0.5) is 5.69 Å². The first kappa shape index (κ1) is 12.6. The second-order valence-corrected chi connectivity index (χ2v) is 4.62. The molecule has 7 heteroatoms. The second kappa shape index (κ2) is 4.17. The lowest BCUT2D eigenvalue weighted by Gasteiger charge is -2.17. The second-order valence-electron chi connectivity index (χ2n) is 3.71. The summed E-state index contributed by atoms with van der Waals surface area (Å²) in [6, 6.07) is 1.24. The van der Waals surface area contributed by atoms with Crippen LogP contribution in [-0.4, -0.2) is 21.0 Å². The molecule has 0 amide bonds. The Hall–Kier alpha value is -1.50. The van der Waals surface area contributed by atoms with Gasteiger partial charge in [-0.1, -0.05) is 0 Å². The zero-order valence-electron chi connectivity index (χ0n) is 8.60. The molecule has 6 nitrogen and oxygen atoms in total. The number of hydrogen-bond acceptors (Lipinski definition) is 4. The van der Waals surface area contributed by atoms with Crippen molar-refractivity contribution in [3.8, 4) is 0 Å². The van der Waals surface area contributed by atoms with Gasteiger partial charge in [0.1, 0.15) is 11.1 Å². The fourth-order valence-electron chi connectivity index (χ4n) is 1.15. The van der Waals surface area contributed by atoms with E-state index in [4.69, 9.17) is 5.11 Å². The topological polar surface area (TPSA) is 93.3 Å². The van der Waals surface area contributed by atoms with Gasteiger partial charge in [-0.2, -0.15) is 0 Å². The minimum Gasteiger partial charge on any atom is -0.481 e. The minimum atomic E-state index is -1.40. The number of carboxylic acids is 1. The quantitative estimate of drug-likeness (QED) is 0.679. The monoisotopic (exact) mass is 288 g/mol. The van der Waals surface area contributed by atoms with Crippen molar-refractivity contribution in [2.75, 3.05) is 0 Å². The number of rotatable bonds is 3. The lowest BCUT2D eigenvalue weighted by Crippen LogP contribution is -2.30. The van der Waals surface area contributed by atoms with Gasteiger partial charge < -0.3 is 5.11 Å². The Labute approximate surface area is 99.6 Å². The van der Waals surface area contributed by atoms with Gasteiger partial charge >= 0.3 is 5.97 Å². The Bertz CT molecular complexity index is 459. The molecule has 0 radical (unpaired) electrons. The first-order valence-electron chi connectivity index (χ1n) is 4.30. The molecule has 1 rings (SSSR count). The predicted octanol–water partition coefficient (Wildman–Crippen LogP) is 2.11. The SMILES string of the molecule is CC(C)(C(=O)O)c1ncc(Br)cc1[N+](=O)[O-]. The molecule has 0 saturated heterocycles. The van der Waals surface area contributed by atoms with Crippen molar-refractivity contribution in [3.05, 3.63) is 32.5 Å². The average molecular weight is 289 g/mol. The highest BCUT2D eigenvalue weighted by Crippen LogP contribution is 2.31. The molecule has 0 bridgehead atoms. The van der Waals surface area contributed by atoms with Gasteiger partial charge in [-0.3, -0.25) is 19.9 Å². The number of halogens is 1. The van der Waals surface area contributed by atoms with Crippen LogP contribution in [-0.2, 0) is 10.2 Å². The highest BCUT2D eigenvalue weighted by atomic mass is 79.9. The molecule has 0 aromatic carbocycles. The van der Waals surface area contributed by atoms with Crippen molar-refractivity contribution in [3.63, 3.8) is 0 Å². The molecule has 86 valence electrons. The number of nitro groups is 1. The number of nitrogens with zero attached hydrogens (tertiary/aromatic N) is 2. The number of aliphatic carboxylic acids is 1. The third kappa shape index (κ3) is 2.19. The van der Waals surface area contributed by atoms with E-state index in [2.05, 4.69) is 20.9 Å². The Morgan fingerprint density at radius 1 is 1.62 bits per heavy atom. The molecule has 0 aliphatic heterocycles. The van der Waals surface area contributed by atoms with Crippen LogP contribution in [0.25, 0.3) is 0 Å². The fourth-order valence-corrected chi connectivity index (χ4v) is 1.47. The smallest absolute Gasteiger partial charge is 0.315 e. The molecule has 0 aliphatic carbocycles. The summed E-state index contributed by atoms with van der Waals surface area (Å²) < 4.78 is 0.434. The molecule has 0 atom stereocenters. The van der Waals surface area contributed by atoms with E-state index in [1.54, 1.807) is 0 Å². The van der Waals surface area contributed by atoms with Crippen LogP contribution < -0.4 is 0 Å². The fraction of sp³-hybridized carbons (Fsp3) is 0.333. The molecule has 0 aliphatic rings. The Morgan fingerprint density at radius 3 is 2.62 bits per heavy atom. The van der Waals surface area contributed by atoms with Gasteiger partial charge in [-0.05, 0) is 29.8 Å². The normalized spacial score (nSPS) is 11.2. The van der Waals surface area contributed by atoms with E-state index in [1.165, 1.54) is 26.1 Å². The van der Waals surface area contributed by atoms with Crippen LogP contribution >= 0.6 is 15.9 Å². The maximum absolute atomic E-state index is 11.0. The molecule has 0 fully saturated rings. The van der Waals surface area contributed by atoms with Gasteiger partial charge in [0.25, 0.3) is 5.69 Å².